The molecule has 4 aromatic rings. The molecule has 2 heterocycles. The fourth-order valence-corrected chi connectivity index (χ4v) is 6.49. The minimum absolute atomic E-state index is 0.0477. The molecule has 4 rings (SSSR count). The Morgan fingerprint density at radius 3 is 2.36 bits per heavy atom. The van der Waals surface area contributed by atoms with E-state index < -0.39 is 11.3 Å². The normalized spacial score (nSPS) is 12.2. The molecule has 0 radical (unpaired) electrons. The van der Waals surface area contributed by atoms with Crippen LogP contribution in [0.4, 0.5) is 9.52 Å². The van der Waals surface area contributed by atoms with Crippen molar-refractivity contribution in [2.75, 3.05) is 18.4 Å². The number of amides is 2. The third-order valence-corrected chi connectivity index (χ3v) is 8.48. The number of hydrogen-bond acceptors (Lipinski definition) is 6. The molecule has 2 amide bonds. The first-order chi connectivity index (χ1) is 18.7. The van der Waals surface area contributed by atoms with Crippen molar-refractivity contribution in [3.63, 3.8) is 0 Å². The summed E-state index contributed by atoms with van der Waals surface area (Å²) in [5.74, 6) is -0.936. The maximum Gasteiger partial charge on any atom is 0.253 e. The highest BCUT2D eigenvalue weighted by molar-refractivity contribution is 7.15. The van der Waals surface area contributed by atoms with Gasteiger partial charge in [0.1, 0.15) is 11.3 Å². The zero-order valence-corrected chi connectivity index (χ0v) is 24.2. The van der Waals surface area contributed by atoms with Gasteiger partial charge in [0.15, 0.2) is 0 Å². The molecular weight excluding hydrogens is 531 g/mol. The molecule has 204 valence electrons. The van der Waals surface area contributed by atoms with Crippen molar-refractivity contribution in [2.24, 2.45) is 5.41 Å². The Hall–Kier alpha value is -3.43. The van der Waals surface area contributed by atoms with Gasteiger partial charge >= 0.3 is 0 Å². The van der Waals surface area contributed by atoms with Crippen molar-refractivity contribution < 1.29 is 14.0 Å². The molecule has 0 saturated heterocycles. The standard InChI is InChI=1S/C30H33FN4O2S2/c1-5-16-35(17-6-2)27(36)21-12-10-20(11-13-21)24-14-15-25(39-24)26(22-8-7-9-23(31)18-22)30(3,4)28(37)33-29-34-32-19-38-29/h7-15,18-19,26H,5-6,16-17H2,1-4H3,(H,33,34,37)/t26-/m0/s1. The van der Waals surface area contributed by atoms with Crippen molar-refractivity contribution in [3.8, 4) is 10.4 Å². The van der Waals surface area contributed by atoms with Crippen LogP contribution in [0.2, 0.25) is 0 Å². The van der Waals surface area contributed by atoms with E-state index in [-0.39, 0.29) is 17.6 Å². The van der Waals surface area contributed by atoms with Gasteiger partial charge in [-0.1, -0.05) is 63.3 Å². The highest BCUT2D eigenvalue weighted by Crippen LogP contribution is 2.46. The summed E-state index contributed by atoms with van der Waals surface area (Å²) in [6, 6.07) is 18.1. The Morgan fingerprint density at radius 1 is 1.03 bits per heavy atom. The van der Waals surface area contributed by atoms with E-state index >= 15 is 0 Å². The molecule has 0 aliphatic carbocycles. The summed E-state index contributed by atoms with van der Waals surface area (Å²) in [5.41, 5.74) is 3.00. The predicted octanol–water partition coefficient (Wildman–Crippen LogP) is 7.46. The number of halogens is 1. The SMILES string of the molecule is CCCN(CCC)C(=O)c1ccc(-c2ccc([C@H](c3cccc(F)c3)C(C)(C)C(=O)Nc3nncs3)s2)cc1. The van der Waals surface area contributed by atoms with Crippen LogP contribution < -0.4 is 5.32 Å². The number of nitrogens with zero attached hydrogens (tertiary/aromatic N) is 3. The minimum atomic E-state index is -0.931. The van der Waals surface area contributed by atoms with Gasteiger partial charge in [-0.25, -0.2) is 4.39 Å². The average molecular weight is 565 g/mol. The summed E-state index contributed by atoms with van der Waals surface area (Å²) >= 11 is 2.81. The van der Waals surface area contributed by atoms with Crippen LogP contribution in [0.15, 0.2) is 66.2 Å². The molecule has 0 fully saturated rings. The Balaban J connectivity index is 1.64. The maximum absolute atomic E-state index is 14.3. The largest absolute Gasteiger partial charge is 0.339 e. The Bertz CT molecular complexity index is 1390. The van der Waals surface area contributed by atoms with Gasteiger partial charge in [0, 0.05) is 34.3 Å². The van der Waals surface area contributed by atoms with Crippen molar-refractivity contribution >= 4 is 39.6 Å². The number of carbonyl (C=O) groups excluding carboxylic acids is 2. The summed E-state index contributed by atoms with van der Waals surface area (Å²) in [4.78, 5) is 30.3. The molecule has 1 N–H and O–H groups in total. The van der Waals surface area contributed by atoms with Gasteiger partial charge in [-0.15, -0.1) is 21.5 Å². The smallest absolute Gasteiger partial charge is 0.253 e. The van der Waals surface area contributed by atoms with Crippen molar-refractivity contribution in [1.29, 1.82) is 0 Å². The van der Waals surface area contributed by atoms with E-state index in [1.165, 1.54) is 23.5 Å². The molecule has 0 bridgehead atoms. The van der Waals surface area contributed by atoms with Gasteiger partial charge in [0.25, 0.3) is 5.91 Å². The zero-order valence-electron chi connectivity index (χ0n) is 22.6. The van der Waals surface area contributed by atoms with E-state index in [9.17, 15) is 14.0 Å². The predicted molar refractivity (Wildman–Crippen MR) is 157 cm³/mol. The summed E-state index contributed by atoms with van der Waals surface area (Å²) in [6.07, 6.45) is 1.84. The Morgan fingerprint density at radius 2 is 1.74 bits per heavy atom. The number of benzene rings is 2. The highest BCUT2D eigenvalue weighted by atomic mass is 32.1. The van der Waals surface area contributed by atoms with Gasteiger partial charge in [-0.2, -0.15) is 0 Å². The first-order valence-corrected chi connectivity index (χ1v) is 14.8. The number of anilines is 1. The third kappa shape index (κ3) is 6.59. The van der Waals surface area contributed by atoms with Gasteiger partial charge in [-0.05, 0) is 60.4 Å². The van der Waals surface area contributed by atoms with E-state index in [1.807, 2.05) is 61.2 Å². The van der Waals surface area contributed by atoms with Crippen LogP contribution in [0, 0.1) is 11.2 Å². The molecule has 9 heteroatoms. The molecule has 39 heavy (non-hydrogen) atoms. The Kier molecular flexibility index (Phi) is 9.24. The van der Waals surface area contributed by atoms with Gasteiger partial charge in [-0.3, -0.25) is 9.59 Å². The van der Waals surface area contributed by atoms with Crippen LogP contribution in [0.1, 0.15) is 67.3 Å². The van der Waals surface area contributed by atoms with Crippen LogP contribution in [-0.2, 0) is 4.79 Å². The van der Waals surface area contributed by atoms with Gasteiger partial charge < -0.3 is 10.2 Å². The van der Waals surface area contributed by atoms with Crippen molar-refractivity contribution in [1.82, 2.24) is 15.1 Å². The number of rotatable bonds is 11. The van der Waals surface area contributed by atoms with Crippen LogP contribution >= 0.6 is 22.7 Å². The summed E-state index contributed by atoms with van der Waals surface area (Å²) < 4.78 is 14.3. The zero-order chi connectivity index (χ0) is 28.0. The lowest BCUT2D eigenvalue weighted by atomic mass is 9.73. The molecule has 0 saturated carbocycles. The number of thiophene rings is 1. The minimum Gasteiger partial charge on any atom is -0.339 e. The lowest BCUT2D eigenvalue weighted by Gasteiger charge is -2.32. The molecule has 0 unspecified atom stereocenters. The van der Waals surface area contributed by atoms with Crippen LogP contribution in [0.3, 0.4) is 0 Å². The molecule has 0 spiro atoms. The molecule has 6 nitrogen and oxygen atoms in total. The topological polar surface area (TPSA) is 75.2 Å². The van der Waals surface area contributed by atoms with Gasteiger partial charge in [0.2, 0.25) is 11.0 Å². The van der Waals surface area contributed by atoms with Crippen molar-refractivity contribution in [3.05, 3.63) is 88.0 Å². The van der Waals surface area contributed by atoms with E-state index in [0.29, 0.717) is 16.3 Å². The second-order valence-corrected chi connectivity index (χ2v) is 11.9. The molecule has 0 aliphatic heterocycles. The first-order valence-electron chi connectivity index (χ1n) is 13.1. The molecule has 0 aliphatic rings. The van der Waals surface area contributed by atoms with Crippen LogP contribution in [0.25, 0.3) is 10.4 Å². The molecule has 1 atom stereocenters. The highest BCUT2D eigenvalue weighted by Gasteiger charge is 2.40. The molecule has 2 aromatic heterocycles. The molecular formula is C30H33FN4O2S2. The van der Waals surface area contributed by atoms with Gasteiger partial charge in [0.05, 0.1) is 5.41 Å². The quantitative estimate of drug-likeness (QED) is 0.205. The number of nitrogens with one attached hydrogen (secondary N) is 1. The number of aromatic nitrogens is 2. The fraction of sp³-hybridized carbons (Fsp3) is 0.333. The third-order valence-electron chi connectivity index (χ3n) is 6.67. The monoisotopic (exact) mass is 564 g/mol. The second-order valence-electron chi connectivity index (χ2n) is 9.98. The molecule has 2 aromatic carbocycles. The van der Waals surface area contributed by atoms with E-state index in [2.05, 4.69) is 29.4 Å². The number of hydrogen-bond donors (Lipinski definition) is 1. The number of carbonyl (C=O) groups is 2. The average Bonchev–Trinajstić information content (AvgIpc) is 3.61. The summed E-state index contributed by atoms with van der Waals surface area (Å²) in [6.45, 7) is 9.35. The maximum atomic E-state index is 14.3. The van der Waals surface area contributed by atoms with E-state index in [0.717, 1.165) is 41.2 Å². The van der Waals surface area contributed by atoms with Crippen LogP contribution in [-0.4, -0.2) is 40.0 Å². The lowest BCUT2D eigenvalue weighted by molar-refractivity contribution is -0.124. The van der Waals surface area contributed by atoms with Crippen molar-refractivity contribution in [2.45, 2.75) is 46.5 Å². The Labute approximate surface area is 236 Å². The van der Waals surface area contributed by atoms with E-state index in [1.54, 1.807) is 22.9 Å². The second kappa shape index (κ2) is 12.6. The lowest BCUT2D eigenvalue weighted by Crippen LogP contribution is -2.36. The van der Waals surface area contributed by atoms with E-state index in [4.69, 9.17) is 0 Å². The fourth-order valence-electron chi connectivity index (χ4n) is 4.72. The summed E-state index contributed by atoms with van der Waals surface area (Å²) in [7, 11) is 0. The van der Waals surface area contributed by atoms with Crippen LogP contribution in [0.5, 0.6) is 0 Å². The summed E-state index contributed by atoms with van der Waals surface area (Å²) in [5, 5.41) is 11.0. The first kappa shape index (κ1) is 28.6.